The topological polar surface area (TPSA) is 72.8 Å². The van der Waals surface area contributed by atoms with E-state index in [9.17, 15) is 9.59 Å². The van der Waals surface area contributed by atoms with Gasteiger partial charge in [-0.15, -0.1) is 0 Å². The summed E-state index contributed by atoms with van der Waals surface area (Å²) in [6.07, 6.45) is -12.1. The standard InChI is InChI=1S/C25H38O5/c1-6-25(4,5)24(28)30-21-12-15(2)11-17-8-7-16(3)20(23(17)21)10-9-19-13-18(26)14-22(27)29-19/h7-8,11,15-16,18-21,23,26H,6,9-10,12-14H2,1-5H3/t15-,16-,18+,19?,20-,21?,23-/m0/s1/i2D3,4D3,7D,8D,11D,12D2,14D2,15D,16D,26D/t15-,16-,18+,19?,20-,21?,23-,25?. The first kappa shape index (κ1) is 9.89. The Morgan fingerprint density at radius 3 is 3.10 bits per heavy atom. The molecule has 0 spiro atoms. The van der Waals surface area contributed by atoms with Crippen molar-refractivity contribution in [2.45, 2.75) is 91.2 Å². The van der Waals surface area contributed by atoms with E-state index in [2.05, 4.69) is 5.11 Å². The number of allylic oxidation sites excluding steroid dienone is 3. The van der Waals surface area contributed by atoms with Crippen LogP contribution in [0.15, 0.2) is 23.7 Å². The zero-order valence-electron chi connectivity index (χ0n) is 33.3. The number of hydrogen-bond acceptors (Lipinski definition) is 5. The molecule has 30 heavy (non-hydrogen) atoms. The van der Waals surface area contributed by atoms with Crippen LogP contribution in [-0.2, 0) is 19.1 Å². The van der Waals surface area contributed by atoms with E-state index in [-0.39, 0.29) is 25.7 Å². The minimum atomic E-state index is -3.59. The predicted octanol–water partition coefficient (Wildman–Crippen LogP) is 4.59. The van der Waals surface area contributed by atoms with Crippen LogP contribution in [0.1, 0.15) is 93.5 Å². The van der Waals surface area contributed by atoms with Gasteiger partial charge in [-0.1, -0.05) is 38.9 Å². The van der Waals surface area contributed by atoms with Crippen molar-refractivity contribution in [3.05, 3.63) is 23.7 Å². The average Bonchev–Trinajstić information content (AvgIpc) is 2.92. The van der Waals surface area contributed by atoms with Crippen LogP contribution in [0.25, 0.3) is 0 Å². The maximum Gasteiger partial charge on any atom is 0.311 e. The fourth-order valence-electron chi connectivity index (χ4n) is 3.79. The number of aliphatic hydroxyl groups excluding tert-OH is 1. The van der Waals surface area contributed by atoms with Crippen molar-refractivity contribution in [1.29, 1.82) is 1.43 Å². The van der Waals surface area contributed by atoms with Gasteiger partial charge in [0.25, 0.3) is 0 Å². The van der Waals surface area contributed by atoms with Crippen LogP contribution in [0.5, 0.6) is 0 Å². The fraction of sp³-hybridized carbons (Fsp3) is 0.760. The van der Waals surface area contributed by atoms with E-state index in [4.69, 9.17) is 31.5 Å². The van der Waals surface area contributed by atoms with Gasteiger partial charge in [0.2, 0.25) is 1.43 Å². The first-order valence-electron chi connectivity index (χ1n) is 17.9. The van der Waals surface area contributed by atoms with Crippen LogP contribution < -0.4 is 0 Å². The third-order valence-corrected chi connectivity index (χ3v) is 5.81. The molecule has 5 nitrogen and oxygen atoms in total. The van der Waals surface area contributed by atoms with Crippen LogP contribution >= 0.6 is 0 Å². The summed E-state index contributed by atoms with van der Waals surface area (Å²) in [6.45, 7) is -2.93. The lowest BCUT2D eigenvalue weighted by Crippen LogP contribution is -2.43. The molecule has 0 saturated carbocycles. The Morgan fingerprint density at radius 2 is 2.40 bits per heavy atom. The number of fused-ring (bicyclic) bond motifs is 1. The second kappa shape index (κ2) is 9.25. The Morgan fingerprint density at radius 1 is 1.57 bits per heavy atom. The molecular weight excluding hydrogens is 380 g/mol. The summed E-state index contributed by atoms with van der Waals surface area (Å²) in [5, 5.41) is 4.40. The largest absolute Gasteiger partial charge is 0.462 e. The molecule has 2 aliphatic carbocycles. The number of hydrogen-bond donors (Lipinski definition) is 1. The zero-order valence-corrected chi connectivity index (χ0v) is 17.3. The van der Waals surface area contributed by atoms with Crippen molar-refractivity contribution in [2.24, 2.45) is 29.0 Å². The monoisotopic (exact) mass is 434 g/mol. The molecule has 0 radical (unpaired) electrons. The van der Waals surface area contributed by atoms with E-state index in [0.717, 1.165) is 6.92 Å². The van der Waals surface area contributed by atoms with Gasteiger partial charge in [0, 0.05) is 28.8 Å². The summed E-state index contributed by atoms with van der Waals surface area (Å²) in [7, 11) is 0. The molecular formula is C25H38O5. The van der Waals surface area contributed by atoms with Crippen LogP contribution in [-0.4, -0.2) is 36.8 Å². The zero-order chi connectivity index (χ0) is 35.8. The lowest BCUT2D eigenvalue weighted by atomic mass is 9.65. The molecule has 0 amide bonds. The van der Waals surface area contributed by atoms with E-state index >= 15 is 0 Å². The number of cyclic esters (lactones) is 1. The Balaban J connectivity index is 2.26. The summed E-state index contributed by atoms with van der Waals surface area (Å²) in [6, 6.07) is -2.73. The van der Waals surface area contributed by atoms with Gasteiger partial charge in [-0.05, 0) is 62.7 Å². The van der Waals surface area contributed by atoms with Gasteiger partial charge < -0.3 is 14.6 Å². The van der Waals surface area contributed by atoms with Crippen molar-refractivity contribution < 1.29 is 44.7 Å². The third kappa shape index (κ3) is 5.16. The Labute approximate surface area is 203 Å². The first-order chi connectivity index (χ1) is 20.6. The highest BCUT2D eigenvalue weighted by Crippen LogP contribution is 2.45. The van der Waals surface area contributed by atoms with Gasteiger partial charge in [-0.25, -0.2) is 0 Å². The maximum absolute atomic E-state index is 13.6. The fourth-order valence-corrected chi connectivity index (χ4v) is 3.79. The number of carbonyl (C=O) groups is 2. The summed E-state index contributed by atoms with van der Waals surface area (Å²) in [4.78, 5) is 26.0. The highest BCUT2D eigenvalue weighted by atomic mass is 16.6. The molecule has 1 aliphatic heterocycles. The van der Waals surface area contributed by atoms with E-state index in [0.29, 0.717) is 0 Å². The van der Waals surface area contributed by atoms with Crippen molar-refractivity contribution in [2.75, 3.05) is 0 Å². The smallest absolute Gasteiger partial charge is 0.311 e. The first-order valence-corrected chi connectivity index (χ1v) is 10.0. The molecule has 3 rings (SSSR count). The van der Waals surface area contributed by atoms with Gasteiger partial charge >= 0.3 is 11.9 Å². The van der Waals surface area contributed by atoms with E-state index < -0.39 is 109 Å². The number of ether oxygens (including phenoxy) is 2. The molecule has 1 heterocycles. The summed E-state index contributed by atoms with van der Waals surface area (Å²) < 4.78 is 144. The van der Waals surface area contributed by atoms with Crippen molar-refractivity contribution in [3.8, 4) is 0 Å². The number of aliphatic hydroxyl groups is 1. The summed E-state index contributed by atoms with van der Waals surface area (Å²) in [5.41, 5.74) is -2.84. The minimum absolute atomic E-state index is 0.199. The number of esters is 2. The number of rotatable bonds is 7. The van der Waals surface area contributed by atoms with Gasteiger partial charge in [0.1, 0.15) is 12.2 Å². The predicted molar refractivity (Wildman–Crippen MR) is 115 cm³/mol. The van der Waals surface area contributed by atoms with Crippen molar-refractivity contribution >= 4 is 11.9 Å². The summed E-state index contributed by atoms with van der Waals surface area (Å²) >= 11 is 0. The van der Waals surface area contributed by atoms with Crippen molar-refractivity contribution in [3.63, 3.8) is 0 Å². The normalized spacial score (nSPS) is 56.0. The molecule has 5 heteroatoms. The Kier molecular flexibility index (Phi) is 3.05. The molecule has 0 bridgehead atoms. The van der Waals surface area contributed by atoms with Gasteiger partial charge in [0.15, 0.2) is 0 Å². The molecule has 1 fully saturated rings. The van der Waals surface area contributed by atoms with Crippen LogP contribution in [0, 0.1) is 29.0 Å². The second-order valence-corrected chi connectivity index (χ2v) is 8.11. The van der Waals surface area contributed by atoms with E-state index in [1.807, 2.05) is 0 Å². The molecule has 168 valence electrons. The molecule has 8 atom stereocenters. The molecule has 0 aromatic heterocycles. The van der Waals surface area contributed by atoms with Gasteiger partial charge in [0.05, 0.1) is 22.0 Å². The highest BCUT2D eigenvalue weighted by molar-refractivity contribution is 5.76. The molecule has 3 unspecified atom stereocenters. The lowest BCUT2D eigenvalue weighted by molar-refractivity contribution is -0.166. The summed E-state index contributed by atoms with van der Waals surface area (Å²) in [5.74, 6) is -11.4. The number of carbonyl (C=O) groups excluding carboxylic acids is 2. The molecule has 1 N–H and O–H groups in total. The molecule has 1 saturated heterocycles. The molecule has 3 aliphatic rings. The van der Waals surface area contributed by atoms with Gasteiger partial charge in [-0.3, -0.25) is 9.59 Å². The highest BCUT2D eigenvalue weighted by Gasteiger charge is 2.43. The molecule has 0 aromatic rings. The lowest BCUT2D eigenvalue weighted by Gasteiger charge is -2.44. The van der Waals surface area contributed by atoms with Crippen LogP contribution in [0.4, 0.5) is 0 Å². The Bertz CT molecular complexity index is 1300. The van der Waals surface area contributed by atoms with Gasteiger partial charge in [-0.2, -0.15) is 0 Å². The van der Waals surface area contributed by atoms with Crippen LogP contribution in [0.2, 0.25) is 0 Å². The van der Waals surface area contributed by atoms with Crippen LogP contribution in [0.3, 0.4) is 0 Å². The van der Waals surface area contributed by atoms with E-state index in [1.165, 1.54) is 13.8 Å². The van der Waals surface area contributed by atoms with Crippen molar-refractivity contribution in [1.82, 2.24) is 0 Å². The SMILES string of the molecule is [2H]O[C@@H]1CC(CC[C@@H]2[C@@H]3C(=C([2H])[C@]([2H])(C([2H])([2H])[2H])C([2H])([2H])C3OC(=O)C(C)(CC)C([2H])([2H])[2H])C([2H])=C([2H])[C@]2([2H])C)OC(=O)C1([2H])[2H]. The minimum Gasteiger partial charge on any atom is -0.462 e. The maximum atomic E-state index is 13.6. The third-order valence-electron chi connectivity index (χ3n) is 5.81. The average molecular weight is 435 g/mol. The van der Waals surface area contributed by atoms with E-state index in [1.54, 1.807) is 0 Å². The second-order valence-electron chi connectivity index (χ2n) is 8.11. The Hall–Kier alpha value is -1.62. The quantitative estimate of drug-likeness (QED) is 0.594. The molecule has 0 aromatic carbocycles.